The minimum absolute atomic E-state index is 0.311. The Morgan fingerprint density at radius 3 is 2.59 bits per heavy atom. The molecule has 1 unspecified atom stereocenters. The second-order valence-corrected chi connectivity index (χ2v) is 5.16. The van der Waals surface area contributed by atoms with Crippen molar-refractivity contribution in [1.29, 1.82) is 0 Å². The molecule has 0 radical (unpaired) electrons. The topological polar surface area (TPSA) is 32.3 Å². The first-order valence-corrected chi connectivity index (χ1v) is 7.18. The van der Waals surface area contributed by atoms with E-state index in [9.17, 15) is 4.79 Å². The van der Waals surface area contributed by atoms with Crippen LogP contribution in [-0.2, 0) is 4.79 Å². The molecule has 100 valence electrons. The molecule has 1 amide bonds. The monoisotopic (exact) mass is 240 g/mol. The molecule has 3 heteroatoms. The van der Waals surface area contributed by atoms with Crippen molar-refractivity contribution < 1.29 is 4.79 Å². The third-order valence-corrected chi connectivity index (χ3v) is 4.00. The fourth-order valence-corrected chi connectivity index (χ4v) is 2.68. The van der Waals surface area contributed by atoms with Gasteiger partial charge in [0.05, 0.1) is 0 Å². The lowest BCUT2D eigenvalue weighted by atomic mass is 10.00. The third kappa shape index (κ3) is 4.66. The van der Waals surface area contributed by atoms with Crippen molar-refractivity contribution in [2.24, 2.45) is 0 Å². The second-order valence-electron chi connectivity index (χ2n) is 5.16. The van der Waals surface area contributed by atoms with Crippen LogP contribution in [-0.4, -0.2) is 36.5 Å². The quantitative estimate of drug-likeness (QED) is 0.774. The van der Waals surface area contributed by atoms with Crippen LogP contribution in [0.3, 0.4) is 0 Å². The molecule has 1 saturated heterocycles. The molecular weight excluding hydrogens is 212 g/mol. The molecule has 0 saturated carbocycles. The molecule has 0 spiro atoms. The standard InChI is InChI=1S/C14H28N2O/c1-4-13(5-2)16(3)14(17)10-9-12-8-6-7-11-15-12/h12-13,15H,4-11H2,1-3H3. The Kier molecular flexibility index (Phi) is 6.56. The molecule has 1 aliphatic heterocycles. The van der Waals surface area contributed by atoms with Crippen LogP contribution in [0.4, 0.5) is 0 Å². The molecule has 1 N–H and O–H groups in total. The van der Waals surface area contributed by atoms with Crippen LogP contribution in [0.25, 0.3) is 0 Å². The van der Waals surface area contributed by atoms with Gasteiger partial charge in [-0.15, -0.1) is 0 Å². The van der Waals surface area contributed by atoms with Crippen molar-refractivity contribution in [2.75, 3.05) is 13.6 Å². The predicted molar refractivity (Wildman–Crippen MR) is 72.0 cm³/mol. The highest BCUT2D eigenvalue weighted by Crippen LogP contribution is 2.14. The van der Waals surface area contributed by atoms with Gasteiger partial charge < -0.3 is 10.2 Å². The Bertz CT molecular complexity index is 220. The molecule has 1 heterocycles. The van der Waals surface area contributed by atoms with Crippen molar-refractivity contribution in [3.05, 3.63) is 0 Å². The number of hydrogen-bond acceptors (Lipinski definition) is 2. The van der Waals surface area contributed by atoms with Gasteiger partial charge in [-0.2, -0.15) is 0 Å². The van der Waals surface area contributed by atoms with Gasteiger partial charge in [-0.05, 0) is 38.6 Å². The van der Waals surface area contributed by atoms with E-state index in [2.05, 4.69) is 19.2 Å². The van der Waals surface area contributed by atoms with Crippen molar-refractivity contribution in [3.63, 3.8) is 0 Å². The maximum Gasteiger partial charge on any atom is 0.222 e. The highest BCUT2D eigenvalue weighted by Gasteiger charge is 2.19. The summed E-state index contributed by atoms with van der Waals surface area (Å²) in [5.41, 5.74) is 0. The van der Waals surface area contributed by atoms with E-state index in [0.29, 0.717) is 24.4 Å². The summed E-state index contributed by atoms with van der Waals surface area (Å²) in [7, 11) is 1.95. The Labute approximate surface area is 106 Å². The molecule has 1 atom stereocenters. The largest absolute Gasteiger partial charge is 0.343 e. The van der Waals surface area contributed by atoms with Crippen LogP contribution in [0.5, 0.6) is 0 Å². The molecule has 17 heavy (non-hydrogen) atoms. The van der Waals surface area contributed by atoms with Crippen LogP contribution < -0.4 is 5.32 Å². The number of carbonyl (C=O) groups is 1. The zero-order chi connectivity index (χ0) is 12.7. The Morgan fingerprint density at radius 1 is 1.35 bits per heavy atom. The van der Waals surface area contributed by atoms with E-state index in [-0.39, 0.29) is 0 Å². The maximum atomic E-state index is 12.0. The zero-order valence-electron chi connectivity index (χ0n) is 11.7. The summed E-state index contributed by atoms with van der Waals surface area (Å²) in [6.07, 6.45) is 7.66. The number of nitrogens with zero attached hydrogens (tertiary/aromatic N) is 1. The van der Waals surface area contributed by atoms with Crippen molar-refractivity contribution >= 4 is 5.91 Å². The van der Waals surface area contributed by atoms with Crippen molar-refractivity contribution in [1.82, 2.24) is 10.2 Å². The fraction of sp³-hybridized carbons (Fsp3) is 0.929. The summed E-state index contributed by atoms with van der Waals surface area (Å²) in [5, 5.41) is 3.50. The minimum Gasteiger partial charge on any atom is -0.343 e. The molecule has 0 aromatic carbocycles. The Morgan fingerprint density at radius 2 is 2.06 bits per heavy atom. The molecule has 0 aliphatic carbocycles. The number of hydrogen-bond donors (Lipinski definition) is 1. The smallest absolute Gasteiger partial charge is 0.222 e. The van der Waals surface area contributed by atoms with Gasteiger partial charge >= 0.3 is 0 Å². The first-order chi connectivity index (χ1) is 8.19. The van der Waals surface area contributed by atoms with Crippen LogP contribution in [0, 0.1) is 0 Å². The van der Waals surface area contributed by atoms with E-state index in [1.807, 2.05) is 11.9 Å². The number of piperidine rings is 1. The van der Waals surface area contributed by atoms with Gasteiger partial charge in [0.25, 0.3) is 0 Å². The summed E-state index contributed by atoms with van der Waals surface area (Å²) in [4.78, 5) is 14.0. The molecule has 0 aromatic heterocycles. The summed E-state index contributed by atoms with van der Waals surface area (Å²) >= 11 is 0. The summed E-state index contributed by atoms with van der Waals surface area (Å²) in [5.74, 6) is 0.311. The van der Waals surface area contributed by atoms with E-state index >= 15 is 0 Å². The van der Waals surface area contributed by atoms with Crippen LogP contribution in [0.1, 0.15) is 58.8 Å². The predicted octanol–water partition coefficient (Wildman–Crippen LogP) is 2.56. The van der Waals surface area contributed by atoms with Crippen LogP contribution >= 0.6 is 0 Å². The third-order valence-electron chi connectivity index (χ3n) is 4.00. The molecule has 1 fully saturated rings. The minimum atomic E-state index is 0.311. The van der Waals surface area contributed by atoms with E-state index < -0.39 is 0 Å². The van der Waals surface area contributed by atoms with Gasteiger partial charge in [-0.25, -0.2) is 0 Å². The lowest BCUT2D eigenvalue weighted by molar-refractivity contribution is -0.132. The molecule has 1 rings (SSSR count). The normalized spacial score (nSPS) is 20.6. The fourth-order valence-electron chi connectivity index (χ4n) is 2.68. The van der Waals surface area contributed by atoms with Gasteiger partial charge in [0.15, 0.2) is 0 Å². The van der Waals surface area contributed by atoms with Gasteiger partial charge in [0.1, 0.15) is 0 Å². The van der Waals surface area contributed by atoms with Crippen LogP contribution in [0.15, 0.2) is 0 Å². The summed E-state index contributed by atoms with van der Waals surface area (Å²) in [6.45, 7) is 5.43. The first-order valence-electron chi connectivity index (χ1n) is 7.18. The van der Waals surface area contributed by atoms with E-state index in [1.165, 1.54) is 19.3 Å². The summed E-state index contributed by atoms with van der Waals surface area (Å²) in [6, 6.07) is 0.990. The van der Waals surface area contributed by atoms with E-state index in [0.717, 1.165) is 25.8 Å². The number of rotatable bonds is 6. The number of amides is 1. The lowest BCUT2D eigenvalue weighted by Crippen LogP contribution is -2.38. The van der Waals surface area contributed by atoms with E-state index in [4.69, 9.17) is 0 Å². The molecule has 1 aliphatic rings. The second kappa shape index (κ2) is 7.70. The molecule has 0 bridgehead atoms. The SMILES string of the molecule is CCC(CC)N(C)C(=O)CCC1CCCCN1. The Balaban J connectivity index is 2.27. The van der Waals surface area contributed by atoms with Crippen LogP contribution in [0.2, 0.25) is 0 Å². The van der Waals surface area contributed by atoms with Crippen molar-refractivity contribution in [3.8, 4) is 0 Å². The average Bonchev–Trinajstić information content (AvgIpc) is 2.38. The van der Waals surface area contributed by atoms with Gasteiger partial charge in [0.2, 0.25) is 5.91 Å². The first kappa shape index (κ1) is 14.5. The van der Waals surface area contributed by atoms with Gasteiger partial charge in [-0.1, -0.05) is 20.3 Å². The summed E-state index contributed by atoms with van der Waals surface area (Å²) < 4.78 is 0. The Hall–Kier alpha value is -0.570. The maximum absolute atomic E-state index is 12.0. The highest BCUT2D eigenvalue weighted by atomic mass is 16.2. The number of nitrogens with one attached hydrogen (secondary N) is 1. The average molecular weight is 240 g/mol. The zero-order valence-corrected chi connectivity index (χ0v) is 11.7. The highest BCUT2D eigenvalue weighted by molar-refractivity contribution is 5.76. The van der Waals surface area contributed by atoms with Gasteiger partial charge in [-0.3, -0.25) is 4.79 Å². The van der Waals surface area contributed by atoms with E-state index in [1.54, 1.807) is 0 Å². The lowest BCUT2D eigenvalue weighted by Gasteiger charge is -2.28. The molecular formula is C14H28N2O. The number of carbonyl (C=O) groups excluding carboxylic acids is 1. The molecule has 3 nitrogen and oxygen atoms in total. The van der Waals surface area contributed by atoms with Gasteiger partial charge in [0, 0.05) is 25.6 Å². The molecule has 0 aromatic rings. The van der Waals surface area contributed by atoms with Crippen molar-refractivity contribution in [2.45, 2.75) is 70.9 Å².